The Kier molecular flexibility index (Phi) is 7.61. The molecule has 1 aliphatic carbocycles. The number of nitrogens with one attached hydrogen (secondary N) is 1. The first-order valence-corrected chi connectivity index (χ1v) is 10.8. The molecule has 0 saturated carbocycles. The van der Waals surface area contributed by atoms with Gasteiger partial charge in [0.25, 0.3) is 0 Å². The van der Waals surface area contributed by atoms with Crippen molar-refractivity contribution in [3.05, 3.63) is 41.4 Å². The summed E-state index contributed by atoms with van der Waals surface area (Å²) in [7, 11) is 0. The molecule has 1 heterocycles. The third-order valence-electron chi connectivity index (χ3n) is 5.45. The van der Waals surface area contributed by atoms with Crippen LogP contribution in [0.2, 0.25) is 5.02 Å². The lowest BCUT2D eigenvalue weighted by Gasteiger charge is -2.22. The molecular formula is C23H32ClN2. The average Bonchev–Trinajstić information content (AvgIpc) is 2.66. The smallest absolute Gasteiger partial charge is 0.0727 e. The summed E-state index contributed by atoms with van der Waals surface area (Å²) in [5.41, 5.74) is 5.09. The Morgan fingerprint density at radius 3 is 2.50 bits per heavy atom. The maximum absolute atomic E-state index is 6.27. The van der Waals surface area contributed by atoms with Crippen LogP contribution in [-0.4, -0.2) is 11.5 Å². The Labute approximate surface area is 163 Å². The Hall–Kier alpha value is -1.28. The lowest BCUT2D eigenvalue weighted by atomic mass is 9.92. The predicted octanol–water partition coefficient (Wildman–Crippen LogP) is 7.13. The third kappa shape index (κ3) is 5.13. The summed E-state index contributed by atoms with van der Waals surface area (Å²) in [6.07, 6.45) is 15.1. The van der Waals surface area contributed by atoms with Gasteiger partial charge >= 0.3 is 0 Å². The van der Waals surface area contributed by atoms with Crippen LogP contribution in [0.15, 0.2) is 18.2 Å². The second kappa shape index (κ2) is 10.2. The van der Waals surface area contributed by atoms with Crippen LogP contribution in [0.25, 0.3) is 10.9 Å². The lowest BCUT2D eigenvalue weighted by Crippen LogP contribution is -2.12. The predicted molar refractivity (Wildman–Crippen MR) is 114 cm³/mol. The molecule has 1 aromatic carbocycles. The number of anilines is 1. The van der Waals surface area contributed by atoms with Crippen molar-refractivity contribution in [2.75, 3.05) is 11.9 Å². The van der Waals surface area contributed by atoms with Gasteiger partial charge in [0.15, 0.2) is 0 Å². The van der Waals surface area contributed by atoms with Gasteiger partial charge in [-0.05, 0) is 55.9 Å². The van der Waals surface area contributed by atoms with Crippen molar-refractivity contribution in [1.82, 2.24) is 4.98 Å². The van der Waals surface area contributed by atoms with Crippen LogP contribution < -0.4 is 5.32 Å². The number of fused-ring (bicyclic) bond motifs is 2. The number of pyridine rings is 1. The molecule has 0 bridgehead atoms. The van der Waals surface area contributed by atoms with Crippen molar-refractivity contribution >= 4 is 28.2 Å². The molecule has 1 aromatic heterocycles. The molecule has 1 N–H and O–H groups in total. The Balaban J connectivity index is 1.59. The SMILES string of the molecule is [CH2]CCCCCCCCCNc1c2c(nc3ccc(Cl)cc13)CCCC2. The summed E-state index contributed by atoms with van der Waals surface area (Å²) in [4.78, 5) is 4.91. The van der Waals surface area contributed by atoms with Gasteiger partial charge in [-0.3, -0.25) is 4.98 Å². The molecule has 2 nitrogen and oxygen atoms in total. The molecule has 0 fully saturated rings. The van der Waals surface area contributed by atoms with Crippen LogP contribution in [0.1, 0.15) is 75.5 Å². The lowest BCUT2D eigenvalue weighted by molar-refractivity contribution is 0.587. The Bertz CT molecular complexity index is 711. The van der Waals surface area contributed by atoms with Gasteiger partial charge in [0.05, 0.1) is 5.52 Å². The van der Waals surface area contributed by atoms with Gasteiger partial charge < -0.3 is 5.32 Å². The highest BCUT2D eigenvalue weighted by Gasteiger charge is 2.18. The second-order valence-electron chi connectivity index (χ2n) is 7.54. The van der Waals surface area contributed by atoms with E-state index in [2.05, 4.69) is 24.4 Å². The fraction of sp³-hybridized carbons (Fsp3) is 0.565. The second-order valence-corrected chi connectivity index (χ2v) is 7.97. The van der Waals surface area contributed by atoms with Crippen LogP contribution in [0, 0.1) is 6.92 Å². The third-order valence-corrected chi connectivity index (χ3v) is 5.69. The van der Waals surface area contributed by atoms with Crippen LogP contribution in [0.5, 0.6) is 0 Å². The van der Waals surface area contributed by atoms with Crippen molar-refractivity contribution in [2.24, 2.45) is 0 Å². The monoisotopic (exact) mass is 371 g/mol. The fourth-order valence-electron chi connectivity index (χ4n) is 4.00. The van der Waals surface area contributed by atoms with Crippen LogP contribution >= 0.6 is 11.6 Å². The normalized spacial score (nSPS) is 13.8. The van der Waals surface area contributed by atoms with E-state index < -0.39 is 0 Å². The van der Waals surface area contributed by atoms with E-state index in [4.69, 9.17) is 16.6 Å². The molecule has 0 amide bonds. The number of rotatable bonds is 10. The highest BCUT2D eigenvalue weighted by atomic mass is 35.5. The van der Waals surface area contributed by atoms with Gasteiger partial charge in [-0.1, -0.05) is 63.5 Å². The molecule has 2 aromatic rings. The van der Waals surface area contributed by atoms with Gasteiger partial charge in [-0.15, -0.1) is 0 Å². The minimum absolute atomic E-state index is 0.792. The van der Waals surface area contributed by atoms with Crippen LogP contribution in [0.4, 0.5) is 5.69 Å². The number of aryl methyl sites for hydroxylation is 1. The maximum Gasteiger partial charge on any atom is 0.0727 e. The average molecular weight is 372 g/mol. The van der Waals surface area contributed by atoms with E-state index in [0.717, 1.165) is 36.3 Å². The largest absolute Gasteiger partial charge is 0.384 e. The molecule has 1 radical (unpaired) electrons. The zero-order chi connectivity index (χ0) is 18.2. The molecule has 26 heavy (non-hydrogen) atoms. The molecular weight excluding hydrogens is 340 g/mol. The first-order valence-electron chi connectivity index (χ1n) is 10.4. The summed E-state index contributed by atoms with van der Waals surface area (Å²) in [6.45, 7) is 4.95. The molecule has 0 spiro atoms. The molecule has 0 atom stereocenters. The molecule has 3 heteroatoms. The summed E-state index contributed by atoms with van der Waals surface area (Å²) in [5, 5.41) is 5.73. The molecule has 1 aliphatic rings. The number of hydrogen-bond donors (Lipinski definition) is 1. The van der Waals surface area contributed by atoms with E-state index in [1.54, 1.807) is 0 Å². The molecule has 0 aliphatic heterocycles. The molecule has 0 saturated heterocycles. The highest BCUT2D eigenvalue weighted by Crippen LogP contribution is 2.34. The van der Waals surface area contributed by atoms with E-state index in [1.165, 1.54) is 80.1 Å². The van der Waals surface area contributed by atoms with Crippen LogP contribution in [0.3, 0.4) is 0 Å². The summed E-state index contributed by atoms with van der Waals surface area (Å²) in [6, 6.07) is 6.08. The van der Waals surface area contributed by atoms with Crippen molar-refractivity contribution < 1.29 is 0 Å². The van der Waals surface area contributed by atoms with Gasteiger partial charge in [0.1, 0.15) is 0 Å². The topological polar surface area (TPSA) is 24.9 Å². The van der Waals surface area contributed by atoms with Gasteiger partial charge in [-0.25, -0.2) is 0 Å². The van der Waals surface area contributed by atoms with Crippen molar-refractivity contribution in [2.45, 2.75) is 77.0 Å². The molecule has 3 rings (SSSR count). The molecule has 0 unspecified atom stereocenters. The van der Waals surface area contributed by atoms with E-state index in [-0.39, 0.29) is 0 Å². The van der Waals surface area contributed by atoms with E-state index in [0.29, 0.717) is 0 Å². The minimum Gasteiger partial charge on any atom is -0.384 e. The number of aromatic nitrogens is 1. The minimum atomic E-state index is 0.792. The Morgan fingerprint density at radius 2 is 1.69 bits per heavy atom. The zero-order valence-electron chi connectivity index (χ0n) is 16.0. The number of unbranched alkanes of at least 4 members (excludes halogenated alkanes) is 7. The summed E-state index contributed by atoms with van der Waals surface area (Å²) in [5.74, 6) is 0. The van der Waals surface area contributed by atoms with Crippen molar-refractivity contribution in [1.29, 1.82) is 0 Å². The van der Waals surface area contributed by atoms with Crippen molar-refractivity contribution in [3.8, 4) is 0 Å². The summed E-state index contributed by atoms with van der Waals surface area (Å²) >= 11 is 6.27. The van der Waals surface area contributed by atoms with Gasteiger partial charge in [-0.2, -0.15) is 0 Å². The van der Waals surface area contributed by atoms with E-state index >= 15 is 0 Å². The fourth-order valence-corrected chi connectivity index (χ4v) is 4.17. The number of hydrogen-bond acceptors (Lipinski definition) is 2. The standard InChI is InChI=1S/C23H32ClN2/c1-2-3-4-5-6-7-8-11-16-25-23-19-12-9-10-13-21(19)26-22-15-14-18(24)17-20(22)23/h14-15,17H,1-13,16H2,(H,25,26). The quantitative estimate of drug-likeness (QED) is 0.449. The summed E-state index contributed by atoms with van der Waals surface area (Å²) < 4.78 is 0. The van der Waals surface area contributed by atoms with Gasteiger partial charge in [0.2, 0.25) is 0 Å². The zero-order valence-corrected chi connectivity index (χ0v) is 16.7. The first kappa shape index (κ1) is 19.5. The van der Waals surface area contributed by atoms with E-state index in [1.807, 2.05) is 6.07 Å². The van der Waals surface area contributed by atoms with Gasteiger partial charge in [0, 0.05) is 28.3 Å². The Morgan fingerprint density at radius 1 is 0.962 bits per heavy atom. The number of benzene rings is 1. The maximum atomic E-state index is 6.27. The highest BCUT2D eigenvalue weighted by molar-refractivity contribution is 6.31. The van der Waals surface area contributed by atoms with Crippen molar-refractivity contribution in [3.63, 3.8) is 0 Å². The first-order chi connectivity index (χ1) is 12.8. The number of halogens is 1. The van der Waals surface area contributed by atoms with E-state index in [9.17, 15) is 0 Å². The molecule has 141 valence electrons. The van der Waals surface area contributed by atoms with Crippen LogP contribution in [-0.2, 0) is 12.8 Å². The number of nitrogens with zero attached hydrogens (tertiary/aromatic N) is 1.